The molecule has 1 N–H and O–H groups in total. The highest BCUT2D eigenvalue weighted by Gasteiger charge is 2.27. The van der Waals surface area contributed by atoms with E-state index in [0.29, 0.717) is 24.0 Å². The van der Waals surface area contributed by atoms with Crippen LogP contribution in [-0.2, 0) is 9.84 Å². The van der Waals surface area contributed by atoms with E-state index in [1.165, 1.54) is 0 Å². The number of hydrogen-bond donors (Lipinski definition) is 1. The zero-order valence-electron chi connectivity index (χ0n) is 14.1. The summed E-state index contributed by atoms with van der Waals surface area (Å²) in [5.74, 6) is 0.157. The minimum absolute atomic E-state index is 0.157. The Labute approximate surface area is 139 Å². The highest BCUT2D eigenvalue weighted by molar-refractivity contribution is 7.91. The Morgan fingerprint density at radius 1 is 1.26 bits per heavy atom. The lowest BCUT2D eigenvalue weighted by Crippen LogP contribution is -2.55. The maximum Gasteiger partial charge on any atom is 0.179 e. The molecule has 1 heterocycles. The third kappa shape index (κ3) is 5.28. The van der Waals surface area contributed by atoms with Gasteiger partial charge < -0.3 is 5.11 Å². The number of benzene rings is 1. The second-order valence-electron chi connectivity index (χ2n) is 6.34. The average molecular weight is 340 g/mol. The first-order chi connectivity index (χ1) is 10.9. The van der Waals surface area contributed by atoms with Gasteiger partial charge in [0.2, 0.25) is 0 Å². The largest absolute Gasteiger partial charge is 0.392 e. The van der Waals surface area contributed by atoms with Crippen LogP contribution in [0.4, 0.5) is 0 Å². The van der Waals surface area contributed by atoms with Gasteiger partial charge in [0.1, 0.15) is 0 Å². The van der Waals surface area contributed by atoms with Gasteiger partial charge in [0.15, 0.2) is 9.84 Å². The Bertz CT molecular complexity index is 575. The molecule has 130 valence electrons. The van der Waals surface area contributed by atoms with Crippen LogP contribution in [0, 0.1) is 0 Å². The fourth-order valence-electron chi connectivity index (χ4n) is 3.12. The first-order valence-electron chi connectivity index (χ1n) is 8.34. The average Bonchev–Trinajstić information content (AvgIpc) is 2.54. The predicted molar refractivity (Wildman–Crippen MR) is 92.3 cm³/mol. The van der Waals surface area contributed by atoms with Gasteiger partial charge in [-0.1, -0.05) is 25.1 Å². The van der Waals surface area contributed by atoms with Crippen LogP contribution in [0.15, 0.2) is 35.2 Å². The van der Waals surface area contributed by atoms with E-state index in [9.17, 15) is 13.5 Å². The van der Waals surface area contributed by atoms with Gasteiger partial charge in [0.05, 0.1) is 16.8 Å². The van der Waals surface area contributed by atoms with E-state index in [4.69, 9.17) is 0 Å². The van der Waals surface area contributed by atoms with Crippen molar-refractivity contribution >= 4 is 9.84 Å². The summed E-state index contributed by atoms with van der Waals surface area (Å²) < 4.78 is 24.7. The molecule has 0 aliphatic carbocycles. The molecule has 2 rings (SSSR count). The molecule has 6 heteroatoms. The van der Waals surface area contributed by atoms with Crippen LogP contribution in [0.1, 0.15) is 20.3 Å². The van der Waals surface area contributed by atoms with Crippen LogP contribution in [0.2, 0.25) is 0 Å². The lowest BCUT2D eigenvalue weighted by molar-refractivity contribution is 0.0389. The molecule has 23 heavy (non-hydrogen) atoms. The van der Waals surface area contributed by atoms with E-state index in [1.807, 2.05) is 13.0 Å². The van der Waals surface area contributed by atoms with E-state index < -0.39 is 9.84 Å². The van der Waals surface area contributed by atoms with Gasteiger partial charge in [-0.05, 0) is 25.5 Å². The number of nitrogens with zero attached hydrogens (tertiary/aromatic N) is 2. The summed E-state index contributed by atoms with van der Waals surface area (Å²) in [6.45, 7) is 7.82. The van der Waals surface area contributed by atoms with Gasteiger partial charge in [-0.3, -0.25) is 9.80 Å². The van der Waals surface area contributed by atoms with Crippen molar-refractivity contribution in [2.75, 3.05) is 38.5 Å². The Hall–Kier alpha value is -0.950. The van der Waals surface area contributed by atoms with Crippen molar-refractivity contribution in [1.82, 2.24) is 9.80 Å². The standard InChI is InChI=1S/C17H28N2O3S/c1-3-16-14-18(9-10-19(16)13-15(2)20)11-12-23(21,22)17-7-5-4-6-8-17/h4-8,15-16,20H,3,9-14H2,1-2H3/t15-,16+/m0/s1. The molecule has 0 radical (unpaired) electrons. The topological polar surface area (TPSA) is 60.9 Å². The summed E-state index contributed by atoms with van der Waals surface area (Å²) in [5.41, 5.74) is 0. The molecule has 1 aliphatic rings. The normalized spacial score (nSPS) is 22.1. The van der Waals surface area contributed by atoms with E-state index in [0.717, 1.165) is 26.1 Å². The number of β-amino-alcohol motifs (C(OH)–C–C–N with tert-alkyl or cyclic N) is 1. The van der Waals surface area contributed by atoms with Gasteiger partial charge in [-0.25, -0.2) is 8.42 Å². The second-order valence-corrected chi connectivity index (χ2v) is 8.45. The van der Waals surface area contributed by atoms with Crippen LogP contribution >= 0.6 is 0 Å². The molecule has 0 unspecified atom stereocenters. The molecule has 1 aromatic carbocycles. The number of aliphatic hydroxyl groups is 1. The Morgan fingerprint density at radius 3 is 2.57 bits per heavy atom. The summed E-state index contributed by atoms with van der Waals surface area (Å²) in [7, 11) is -3.21. The molecule has 1 saturated heterocycles. The molecule has 0 spiro atoms. The van der Waals surface area contributed by atoms with Crippen LogP contribution in [0.5, 0.6) is 0 Å². The molecule has 2 atom stereocenters. The smallest absolute Gasteiger partial charge is 0.179 e. The summed E-state index contributed by atoms with van der Waals surface area (Å²) in [4.78, 5) is 4.94. The molecule has 1 aliphatic heterocycles. The van der Waals surface area contributed by atoms with E-state index in [2.05, 4.69) is 16.7 Å². The van der Waals surface area contributed by atoms with Crippen LogP contribution in [0.25, 0.3) is 0 Å². The third-order valence-corrected chi connectivity index (χ3v) is 6.15. The van der Waals surface area contributed by atoms with Gasteiger partial charge in [0, 0.05) is 38.8 Å². The molecular weight excluding hydrogens is 312 g/mol. The molecule has 5 nitrogen and oxygen atoms in total. The molecule has 0 saturated carbocycles. The molecular formula is C17H28N2O3S. The summed E-state index contributed by atoms with van der Waals surface area (Å²) in [5, 5.41) is 9.59. The lowest BCUT2D eigenvalue weighted by atomic mass is 10.1. The fraction of sp³-hybridized carbons (Fsp3) is 0.647. The van der Waals surface area contributed by atoms with Gasteiger partial charge in [-0.2, -0.15) is 0 Å². The minimum atomic E-state index is -3.21. The molecule has 0 amide bonds. The fourth-order valence-corrected chi connectivity index (χ4v) is 4.43. The molecule has 1 aromatic rings. The first-order valence-corrected chi connectivity index (χ1v) is 10.00. The first kappa shape index (κ1) is 18.4. The number of sulfone groups is 1. The Balaban J connectivity index is 1.90. The second kappa shape index (κ2) is 8.24. The van der Waals surface area contributed by atoms with E-state index >= 15 is 0 Å². The lowest BCUT2D eigenvalue weighted by Gasteiger charge is -2.41. The zero-order chi connectivity index (χ0) is 16.9. The van der Waals surface area contributed by atoms with E-state index in [1.54, 1.807) is 24.3 Å². The summed E-state index contributed by atoms with van der Waals surface area (Å²) >= 11 is 0. The number of hydrogen-bond acceptors (Lipinski definition) is 5. The molecule has 0 bridgehead atoms. The van der Waals surface area contributed by atoms with Crippen LogP contribution in [-0.4, -0.2) is 73.9 Å². The van der Waals surface area contributed by atoms with Gasteiger partial charge in [0.25, 0.3) is 0 Å². The van der Waals surface area contributed by atoms with Crippen molar-refractivity contribution in [3.05, 3.63) is 30.3 Å². The van der Waals surface area contributed by atoms with Gasteiger partial charge >= 0.3 is 0 Å². The van der Waals surface area contributed by atoms with Crippen molar-refractivity contribution in [3.63, 3.8) is 0 Å². The number of rotatable bonds is 7. The quantitative estimate of drug-likeness (QED) is 0.809. The zero-order valence-corrected chi connectivity index (χ0v) is 14.9. The van der Waals surface area contributed by atoms with Gasteiger partial charge in [-0.15, -0.1) is 0 Å². The van der Waals surface area contributed by atoms with Crippen LogP contribution in [0.3, 0.4) is 0 Å². The highest BCUT2D eigenvalue weighted by atomic mass is 32.2. The molecule has 0 aromatic heterocycles. The maximum absolute atomic E-state index is 12.4. The van der Waals surface area contributed by atoms with Crippen molar-refractivity contribution in [2.45, 2.75) is 37.3 Å². The van der Waals surface area contributed by atoms with Crippen molar-refractivity contribution in [3.8, 4) is 0 Å². The van der Waals surface area contributed by atoms with Crippen molar-refractivity contribution < 1.29 is 13.5 Å². The van der Waals surface area contributed by atoms with E-state index in [-0.39, 0.29) is 11.9 Å². The monoisotopic (exact) mass is 340 g/mol. The minimum Gasteiger partial charge on any atom is -0.392 e. The van der Waals surface area contributed by atoms with Crippen molar-refractivity contribution in [1.29, 1.82) is 0 Å². The summed E-state index contributed by atoms with van der Waals surface area (Å²) in [6, 6.07) is 9.04. The summed E-state index contributed by atoms with van der Waals surface area (Å²) in [6.07, 6.45) is 0.684. The molecule has 1 fully saturated rings. The number of piperazine rings is 1. The predicted octanol–water partition coefficient (Wildman–Crippen LogP) is 1.24. The Morgan fingerprint density at radius 2 is 1.96 bits per heavy atom. The SMILES string of the molecule is CC[C@@H]1CN(CCS(=O)(=O)c2ccccc2)CCN1C[C@H](C)O. The number of aliphatic hydroxyl groups excluding tert-OH is 1. The van der Waals surface area contributed by atoms with Crippen molar-refractivity contribution in [2.24, 2.45) is 0 Å². The third-order valence-electron chi connectivity index (χ3n) is 4.44. The maximum atomic E-state index is 12.4. The highest BCUT2D eigenvalue weighted by Crippen LogP contribution is 2.15. The van der Waals surface area contributed by atoms with Crippen LogP contribution < -0.4 is 0 Å². The Kier molecular flexibility index (Phi) is 6.59.